The van der Waals surface area contributed by atoms with Crippen molar-refractivity contribution in [1.82, 2.24) is 20.1 Å². The average molecular weight is 356 g/mol. The number of guanidine groups is 1. The van der Waals surface area contributed by atoms with Crippen molar-refractivity contribution < 1.29 is 0 Å². The molecule has 0 spiro atoms. The number of para-hydroxylation sites is 1. The summed E-state index contributed by atoms with van der Waals surface area (Å²) in [5.74, 6) is 1.01. The summed E-state index contributed by atoms with van der Waals surface area (Å²) < 4.78 is 0. The Morgan fingerprint density at radius 3 is 3.04 bits per heavy atom. The normalized spacial score (nSPS) is 18.6. The van der Waals surface area contributed by atoms with Gasteiger partial charge < -0.3 is 15.2 Å². The SMILES string of the molecule is CCN1CCCC1CN(C)C(=NC)NCCCc1c[nH]c2ccccc12. The molecule has 0 aliphatic carbocycles. The Morgan fingerprint density at radius 2 is 2.23 bits per heavy atom. The lowest BCUT2D eigenvalue weighted by Gasteiger charge is -2.29. The Kier molecular flexibility index (Phi) is 6.56. The zero-order chi connectivity index (χ0) is 18.4. The minimum Gasteiger partial charge on any atom is -0.361 e. The summed E-state index contributed by atoms with van der Waals surface area (Å²) in [5, 5.41) is 4.88. The summed E-state index contributed by atoms with van der Waals surface area (Å²) in [5.41, 5.74) is 2.62. The van der Waals surface area contributed by atoms with Gasteiger partial charge in [0.2, 0.25) is 0 Å². The number of likely N-dealkylation sites (tertiary alicyclic amines) is 1. The summed E-state index contributed by atoms with van der Waals surface area (Å²) in [6.07, 6.45) is 6.94. The van der Waals surface area contributed by atoms with Gasteiger partial charge in [0, 0.05) is 50.3 Å². The quantitative estimate of drug-likeness (QED) is 0.456. The molecule has 26 heavy (non-hydrogen) atoms. The number of aromatic nitrogens is 1. The first-order chi connectivity index (χ1) is 12.7. The molecular weight excluding hydrogens is 322 g/mol. The molecule has 1 fully saturated rings. The Labute approximate surface area is 157 Å². The number of nitrogens with one attached hydrogen (secondary N) is 2. The molecule has 5 heteroatoms. The number of aryl methyl sites for hydroxylation is 1. The summed E-state index contributed by atoms with van der Waals surface area (Å²) in [7, 11) is 4.03. The fourth-order valence-electron chi connectivity index (χ4n) is 4.12. The van der Waals surface area contributed by atoms with Gasteiger partial charge in [-0.3, -0.25) is 9.89 Å². The molecule has 5 nitrogen and oxygen atoms in total. The van der Waals surface area contributed by atoms with E-state index >= 15 is 0 Å². The molecule has 1 atom stereocenters. The van der Waals surface area contributed by atoms with Crippen LogP contribution in [0.25, 0.3) is 10.9 Å². The Hall–Kier alpha value is -2.01. The number of nitrogens with zero attached hydrogens (tertiary/aromatic N) is 3. The maximum absolute atomic E-state index is 4.47. The van der Waals surface area contributed by atoms with Gasteiger partial charge in [-0.05, 0) is 50.4 Å². The van der Waals surface area contributed by atoms with E-state index < -0.39 is 0 Å². The second-order valence-electron chi connectivity index (χ2n) is 7.24. The van der Waals surface area contributed by atoms with Gasteiger partial charge in [-0.15, -0.1) is 0 Å². The highest BCUT2D eigenvalue weighted by Crippen LogP contribution is 2.19. The summed E-state index contributed by atoms with van der Waals surface area (Å²) in [6, 6.07) is 9.18. The minimum atomic E-state index is 0.662. The number of rotatable bonds is 7. The highest BCUT2D eigenvalue weighted by molar-refractivity contribution is 5.83. The van der Waals surface area contributed by atoms with Crippen LogP contribution in [0.1, 0.15) is 31.7 Å². The van der Waals surface area contributed by atoms with E-state index in [0.717, 1.165) is 38.4 Å². The number of hydrogen-bond acceptors (Lipinski definition) is 2. The highest BCUT2D eigenvalue weighted by atomic mass is 15.3. The molecule has 1 unspecified atom stereocenters. The van der Waals surface area contributed by atoms with Crippen LogP contribution in [0.15, 0.2) is 35.5 Å². The van der Waals surface area contributed by atoms with Crippen LogP contribution in [0.3, 0.4) is 0 Å². The van der Waals surface area contributed by atoms with Crippen LogP contribution in [0, 0.1) is 0 Å². The van der Waals surface area contributed by atoms with Gasteiger partial charge in [0.1, 0.15) is 0 Å². The van der Waals surface area contributed by atoms with Crippen molar-refractivity contribution >= 4 is 16.9 Å². The van der Waals surface area contributed by atoms with Crippen molar-refractivity contribution in [3.63, 3.8) is 0 Å². The lowest BCUT2D eigenvalue weighted by molar-refractivity contribution is 0.232. The van der Waals surface area contributed by atoms with Crippen molar-refractivity contribution in [2.75, 3.05) is 40.3 Å². The molecule has 1 saturated heterocycles. The van der Waals surface area contributed by atoms with Crippen LogP contribution < -0.4 is 5.32 Å². The first-order valence-electron chi connectivity index (χ1n) is 9.93. The number of hydrogen-bond donors (Lipinski definition) is 2. The molecule has 1 aromatic carbocycles. The third-order valence-electron chi connectivity index (χ3n) is 5.54. The van der Waals surface area contributed by atoms with Gasteiger partial charge in [-0.25, -0.2) is 0 Å². The topological polar surface area (TPSA) is 46.7 Å². The van der Waals surface area contributed by atoms with Crippen molar-refractivity contribution in [1.29, 1.82) is 0 Å². The lowest BCUT2D eigenvalue weighted by atomic mass is 10.1. The molecule has 1 aromatic heterocycles. The van der Waals surface area contributed by atoms with E-state index in [1.807, 2.05) is 7.05 Å². The van der Waals surface area contributed by atoms with Crippen molar-refractivity contribution in [3.05, 3.63) is 36.0 Å². The number of H-pyrrole nitrogens is 1. The fourth-order valence-corrected chi connectivity index (χ4v) is 4.12. The zero-order valence-corrected chi connectivity index (χ0v) is 16.5. The highest BCUT2D eigenvalue weighted by Gasteiger charge is 2.24. The molecule has 0 amide bonds. The average Bonchev–Trinajstić information content (AvgIpc) is 3.28. The Balaban J connectivity index is 1.45. The van der Waals surface area contributed by atoms with E-state index in [2.05, 4.69) is 69.5 Å². The maximum atomic E-state index is 4.47. The summed E-state index contributed by atoms with van der Waals surface area (Å²) in [6.45, 7) is 6.64. The largest absolute Gasteiger partial charge is 0.361 e. The number of aromatic amines is 1. The number of likely N-dealkylation sites (N-methyl/N-ethyl adjacent to an activating group) is 2. The molecule has 2 N–H and O–H groups in total. The van der Waals surface area contributed by atoms with Gasteiger partial charge in [-0.2, -0.15) is 0 Å². The number of aliphatic imine (C=N–C) groups is 1. The van der Waals surface area contributed by atoms with Crippen molar-refractivity contribution in [2.24, 2.45) is 4.99 Å². The predicted octanol–water partition coefficient (Wildman–Crippen LogP) is 3.09. The molecule has 0 saturated carbocycles. The molecular formula is C21H33N5. The van der Waals surface area contributed by atoms with Gasteiger partial charge in [0.05, 0.1) is 0 Å². The molecule has 2 heterocycles. The van der Waals surface area contributed by atoms with Crippen LogP contribution in [-0.4, -0.2) is 67.1 Å². The monoisotopic (exact) mass is 355 g/mol. The Bertz CT molecular complexity index is 720. The minimum absolute atomic E-state index is 0.662. The first kappa shape index (κ1) is 18.8. The molecule has 3 rings (SSSR count). The van der Waals surface area contributed by atoms with E-state index in [1.165, 1.54) is 35.9 Å². The van der Waals surface area contributed by atoms with Crippen molar-refractivity contribution in [3.8, 4) is 0 Å². The van der Waals surface area contributed by atoms with E-state index in [9.17, 15) is 0 Å². The van der Waals surface area contributed by atoms with Crippen LogP contribution in [0.2, 0.25) is 0 Å². The number of fused-ring (bicyclic) bond motifs is 1. The van der Waals surface area contributed by atoms with Gasteiger partial charge in [0.15, 0.2) is 5.96 Å². The first-order valence-corrected chi connectivity index (χ1v) is 9.93. The molecule has 142 valence electrons. The maximum Gasteiger partial charge on any atom is 0.193 e. The van der Waals surface area contributed by atoms with Gasteiger partial charge >= 0.3 is 0 Å². The van der Waals surface area contributed by atoms with Crippen LogP contribution in [-0.2, 0) is 6.42 Å². The van der Waals surface area contributed by atoms with Gasteiger partial charge in [-0.1, -0.05) is 25.1 Å². The van der Waals surface area contributed by atoms with E-state index in [-0.39, 0.29) is 0 Å². The standard InChI is InChI=1S/C21H33N5/c1-4-26-14-8-10-18(26)16-25(3)21(22-2)23-13-7-9-17-15-24-20-12-6-5-11-19(17)20/h5-6,11-12,15,18,24H,4,7-10,13-14,16H2,1-3H3,(H,22,23). The summed E-state index contributed by atoms with van der Waals surface area (Å²) in [4.78, 5) is 12.7. The second-order valence-corrected chi connectivity index (χ2v) is 7.24. The summed E-state index contributed by atoms with van der Waals surface area (Å²) >= 11 is 0. The van der Waals surface area contributed by atoms with Crippen LogP contribution >= 0.6 is 0 Å². The molecule has 0 radical (unpaired) electrons. The van der Waals surface area contributed by atoms with E-state index in [0.29, 0.717) is 6.04 Å². The predicted molar refractivity (Wildman–Crippen MR) is 111 cm³/mol. The zero-order valence-electron chi connectivity index (χ0n) is 16.5. The smallest absolute Gasteiger partial charge is 0.193 e. The third kappa shape index (κ3) is 4.39. The Morgan fingerprint density at radius 1 is 1.38 bits per heavy atom. The molecule has 1 aliphatic rings. The molecule has 2 aromatic rings. The van der Waals surface area contributed by atoms with Gasteiger partial charge in [0.25, 0.3) is 0 Å². The van der Waals surface area contributed by atoms with Crippen LogP contribution in [0.5, 0.6) is 0 Å². The van der Waals surface area contributed by atoms with Crippen LogP contribution in [0.4, 0.5) is 0 Å². The van der Waals surface area contributed by atoms with E-state index in [4.69, 9.17) is 0 Å². The molecule has 0 bridgehead atoms. The fraction of sp³-hybridized carbons (Fsp3) is 0.571. The number of benzene rings is 1. The second kappa shape index (κ2) is 9.08. The van der Waals surface area contributed by atoms with Crippen molar-refractivity contribution in [2.45, 2.75) is 38.6 Å². The molecule has 1 aliphatic heterocycles. The van der Waals surface area contributed by atoms with E-state index in [1.54, 1.807) is 0 Å². The third-order valence-corrected chi connectivity index (χ3v) is 5.54. The lowest BCUT2D eigenvalue weighted by Crippen LogP contribution is -2.46.